The van der Waals surface area contributed by atoms with Gasteiger partial charge in [0.15, 0.2) is 0 Å². The normalized spacial score (nSPS) is 11.0. The molecule has 108 valence electrons. The molecule has 2 aromatic rings. The Morgan fingerprint density at radius 3 is 2.50 bits per heavy atom. The minimum atomic E-state index is 0.532. The maximum atomic E-state index is 5.81. The van der Waals surface area contributed by atoms with Gasteiger partial charge >= 0.3 is 0 Å². The van der Waals surface area contributed by atoms with E-state index in [1.54, 1.807) is 11.8 Å². The van der Waals surface area contributed by atoms with E-state index in [9.17, 15) is 0 Å². The number of aryl methyl sites for hydroxylation is 1. The number of nitrogens with two attached hydrogens (primary N) is 1. The topological polar surface area (TPSA) is 66.0 Å². The molecule has 0 atom stereocenters. The quantitative estimate of drug-likeness (QED) is 0.655. The van der Waals surface area contributed by atoms with Crippen molar-refractivity contribution in [3.63, 3.8) is 0 Å². The van der Waals surface area contributed by atoms with E-state index in [1.807, 2.05) is 19.1 Å². The summed E-state index contributed by atoms with van der Waals surface area (Å²) in [5.74, 6) is 8.77. The van der Waals surface area contributed by atoms with E-state index in [1.165, 1.54) is 10.2 Å². The van der Waals surface area contributed by atoms with Crippen LogP contribution in [0.3, 0.4) is 0 Å². The van der Waals surface area contributed by atoms with Crippen LogP contribution < -0.4 is 10.6 Å². The third kappa shape index (κ3) is 3.90. The molecule has 0 saturated heterocycles. The Bertz CT molecular complexity index is 551. The zero-order valence-electron chi connectivity index (χ0n) is 12.0. The molecule has 1 heterocycles. The van der Waals surface area contributed by atoms with E-state index >= 15 is 0 Å². The lowest BCUT2D eigenvalue weighted by Crippen LogP contribution is -2.11. The second-order valence-corrected chi connectivity index (χ2v) is 5.98. The highest BCUT2D eigenvalue weighted by atomic mass is 32.2. The predicted molar refractivity (Wildman–Crippen MR) is 81.2 cm³/mol. The first-order valence-electron chi connectivity index (χ1n) is 6.58. The van der Waals surface area contributed by atoms with Gasteiger partial charge in [-0.1, -0.05) is 37.7 Å². The van der Waals surface area contributed by atoms with Gasteiger partial charge in [-0.25, -0.2) is 4.68 Å². The Hall–Kier alpha value is -1.69. The molecule has 0 radical (unpaired) electrons. The second kappa shape index (κ2) is 6.65. The number of hydrogen-bond acceptors (Lipinski definition) is 5. The molecule has 6 heteroatoms. The van der Waals surface area contributed by atoms with Crippen LogP contribution in [-0.4, -0.2) is 21.5 Å². The van der Waals surface area contributed by atoms with Gasteiger partial charge in [-0.15, -0.1) is 10.2 Å². The highest BCUT2D eigenvalue weighted by Crippen LogP contribution is 2.22. The molecule has 1 aromatic carbocycles. The molecule has 0 amide bonds. The van der Waals surface area contributed by atoms with E-state index in [0.29, 0.717) is 11.7 Å². The summed E-state index contributed by atoms with van der Waals surface area (Å²) < 4.78 is 7.16. The molecule has 0 bridgehead atoms. The van der Waals surface area contributed by atoms with Crippen LogP contribution in [0, 0.1) is 12.8 Å². The molecule has 0 fully saturated rings. The standard InChI is InChI=1S/C14H20N4OS/c1-10(2)8-19-13-6-4-12(5-7-13)9-20-14-17-16-11(3)18(14)15/h4-7,10H,8-9,15H2,1-3H3. The van der Waals surface area contributed by atoms with Crippen LogP contribution >= 0.6 is 11.8 Å². The van der Waals surface area contributed by atoms with Crippen molar-refractivity contribution in [2.45, 2.75) is 31.7 Å². The van der Waals surface area contributed by atoms with E-state index in [-0.39, 0.29) is 0 Å². The lowest BCUT2D eigenvalue weighted by Gasteiger charge is -2.09. The van der Waals surface area contributed by atoms with Crippen molar-refractivity contribution in [3.8, 4) is 5.75 Å². The minimum absolute atomic E-state index is 0.532. The van der Waals surface area contributed by atoms with E-state index in [2.05, 4.69) is 36.2 Å². The second-order valence-electron chi connectivity index (χ2n) is 5.04. The fraction of sp³-hybridized carbons (Fsp3) is 0.429. The summed E-state index contributed by atoms with van der Waals surface area (Å²) in [5, 5.41) is 8.68. The molecule has 0 spiro atoms. The van der Waals surface area contributed by atoms with Crippen molar-refractivity contribution in [2.24, 2.45) is 5.92 Å². The molecule has 2 rings (SSSR count). The fourth-order valence-corrected chi connectivity index (χ4v) is 2.40. The molecule has 5 nitrogen and oxygen atoms in total. The fourth-order valence-electron chi connectivity index (χ4n) is 1.54. The van der Waals surface area contributed by atoms with Gasteiger partial charge in [0.2, 0.25) is 5.16 Å². The molecule has 0 aliphatic heterocycles. The Morgan fingerprint density at radius 2 is 1.95 bits per heavy atom. The molecule has 0 saturated carbocycles. The summed E-state index contributed by atoms with van der Waals surface area (Å²) in [5.41, 5.74) is 1.20. The van der Waals surface area contributed by atoms with Crippen molar-refractivity contribution in [1.82, 2.24) is 14.9 Å². The summed E-state index contributed by atoms with van der Waals surface area (Å²) in [6.07, 6.45) is 0. The highest BCUT2D eigenvalue weighted by Gasteiger charge is 2.06. The van der Waals surface area contributed by atoms with E-state index < -0.39 is 0 Å². The number of ether oxygens (including phenoxy) is 1. The molecule has 0 aliphatic rings. The lowest BCUT2D eigenvalue weighted by molar-refractivity contribution is 0.271. The largest absolute Gasteiger partial charge is 0.493 e. The summed E-state index contributed by atoms with van der Waals surface area (Å²) in [4.78, 5) is 0. The molecular weight excluding hydrogens is 272 g/mol. The van der Waals surface area contributed by atoms with Crippen LogP contribution in [0.2, 0.25) is 0 Å². The summed E-state index contributed by atoms with van der Waals surface area (Å²) in [6.45, 7) is 6.84. The van der Waals surface area contributed by atoms with Crippen molar-refractivity contribution in [3.05, 3.63) is 35.7 Å². The third-order valence-electron chi connectivity index (χ3n) is 2.71. The first kappa shape index (κ1) is 14.7. The number of nitrogens with zero attached hydrogens (tertiary/aromatic N) is 3. The summed E-state index contributed by atoms with van der Waals surface area (Å²) in [6, 6.07) is 8.12. The number of rotatable bonds is 6. The van der Waals surface area contributed by atoms with Gasteiger partial charge in [0.1, 0.15) is 11.6 Å². The average molecular weight is 292 g/mol. The van der Waals surface area contributed by atoms with Crippen LogP contribution in [0.1, 0.15) is 25.2 Å². The molecule has 0 unspecified atom stereocenters. The Labute approximate surface area is 123 Å². The van der Waals surface area contributed by atoms with E-state index in [4.69, 9.17) is 10.6 Å². The summed E-state index contributed by atoms with van der Waals surface area (Å²) >= 11 is 1.57. The van der Waals surface area contributed by atoms with E-state index in [0.717, 1.165) is 23.3 Å². The third-order valence-corrected chi connectivity index (χ3v) is 3.72. The number of thioether (sulfide) groups is 1. The van der Waals surface area contributed by atoms with Gasteiger partial charge in [0.25, 0.3) is 0 Å². The average Bonchev–Trinajstić information content (AvgIpc) is 2.75. The number of nitrogen functional groups attached to an aromatic ring is 1. The van der Waals surface area contributed by atoms with Crippen LogP contribution in [0.4, 0.5) is 0 Å². The zero-order chi connectivity index (χ0) is 14.5. The molecular formula is C14H20N4OS. The highest BCUT2D eigenvalue weighted by molar-refractivity contribution is 7.98. The molecule has 2 N–H and O–H groups in total. The van der Waals surface area contributed by atoms with Crippen LogP contribution in [0.15, 0.2) is 29.4 Å². The smallest absolute Gasteiger partial charge is 0.210 e. The molecule has 1 aromatic heterocycles. The zero-order valence-corrected chi connectivity index (χ0v) is 12.9. The molecule has 0 aliphatic carbocycles. The van der Waals surface area contributed by atoms with Crippen molar-refractivity contribution in [1.29, 1.82) is 0 Å². The lowest BCUT2D eigenvalue weighted by atomic mass is 10.2. The Morgan fingerprint density at radius 1 is 1.25 bits per heavy atom. The first-order valence-corrected chi connectivity index (χ1v) is 7.56. The van der Waals surface area contributed by atoms with Crippen molar-refractivity contribution in [2.75, 3.05) is 12.4 Å². The number of benzene rings is 1. The monoisotopic (exact) mass is 292 g/mol. The van der Waals surface area contributed by atoms with Crippen LogP contribution in [0.25, 0.3) is 0 Å². The van der Waals surface area contributed by atoms with Crippen molar-refractivity contribution >= 4 is 11.8 Å². The van der Waals surface area contributed by atoms with Crippen LogP contribution in [-0.2, 0) is 5.75 Å². The van der Waals surface area contributed by atoms with Crippen molar-refractivity contribution < 1.29 is 4.74 Å². The van der Waals surface area contributed by atoms with Gasteiger partial charge in [-0.3, -0.25) is 0 Å². The number of aromatic nitrogens is 3. The maximum Gasteiger partial charge on any atom is 0.210 e. The Balaban J connectivity index is 1.89. The van der Waals surface area contributed by atoms with Gasteiger partial charge < -0.3 is 10.6 Å². The summed E-state index contributed by atoms with van der Waals surface area (Å²) in [7, 11) is 0. The predicted octanol–water partition coefficient (Wildman–Crippen LogP) is 2.63. The molecule has 20 heavy (non-hydrogen) atoms. The minimum Gasteiger partial charge on any atom is -0.493 e. The van der Waals surface area contributed by atoms with Crippen LogP contribution in [0.5, 0.6) is 5.75 Å². The Kier molecular flexibility index (Phi) is 4.89. The van der Waals surface area contributed by atoms with Gasteiger partial charge in [-0.05, 0) is 30.5 Å². The van der Waals surface area contributed by atoms with Gasteiger partial charge in [-0.2, -0.15) is 0 Å². The number of hydrogen-bond donors (Lipinski definition) is 1. The SMILES string of the molecule is Cc1nnc(SCc2ccc(OCC(C)C)cc2)n1N. The maximum absolute atomic E-state index is 5.81. The first-order chi connectivity index (χ1) is 9.56. The van der Waals surface area contributed by atoms with Gasteiger partial charge in [0, 0.05) is 5.75 Å². The van der Waals surface area contributed by atoms with Gasteiger partial charge in [0.05, 0.1) is 6.61 Å².